The zero-order chi connectivity index (χ0) is 21.2. The van der Waals surface area contributed by atoms with Crippen LogP contribution in [-0.4, -0.2) is 25.7 Å². The molecule has 3 aromatic rings. The Hall–Kier alpha value is -2.71. The third kappa shape index (κ3) is 4.83. The summed E-state index contributed by atoms with van der Waals surface area (Å²) in [6.45, 7) is 8.09. The van der Waals surface area contributed by atoms with E-state index in [0.717, 1.165) is 5.56 Å². The summed E-state index contributed by atoms with van der Waals surface area (Å²) >= 11 is 0. The van der Waals surface area contributed by atoms with Gasteiger partial charge in [0.1, 0.15) is 5.75 Å². The largest absolute Gasteiger partial charge is 0.497 e. The molecule has 3 rings (SSSR count). The minimum Gasteiger partial charge on any atom is -0.497 e. The Kier molecular flexibility index (Phi) is 5.77. The maximum absolute atomic E-state index is 12.6. The lowest BCUT2D eigenvalue weighted by Crippen LogP contribution is -2.27. The number of methoxy groups -OCH3 is 1. The Morgan fingerprint density at radius 3 is 2.21 bits per heavy atom. The maximum Gasteiger partial charge on any atom is 0.244 e. The standard InChI is InChI=1S/C21H25N3O4S/c1-14(24-29(25,26)18-12-10-17(27-5)11-13-18)20-22-19(23-28-20)15-6-8-16(9-7-15)21(2,3)4/h6-14,24H,1-5H3/t14-/m0/s1. The minimum absolute atomic E-state index is 0.0508. The van der Waals surface area contributed by atoms with Crippen LogP contribution in [0.4, 0.5) is 0 Å². The predicted octanol–water partition coefficient (Wildman–Crippen LogP) is 4.08. The molecule has 0 amide bonds. The van der Waals surface area contributed by atoms with Gasteiger partial charge in [-0.3, -0.25) is 0 Å². The summed E-state index contributed by atoms with van der Waals surface area (Å²) in [7, 11) is -2.22. The van der Waals surface area contributed by atoms with E-state index in [2.05, 4.69) is 35.6 Å². The summed E-state index contributed by atoms with van der Waals surface area (Å²) < 4.78 is 38.1. The second-order valence-electron chi connectivity index (χ2n) is 7.80. The van der Waals surface area contributed by atoms with Crippen LogP contribution < -0.4 is 9.46 Å². The van der Waals surface area contributed by atoms with Crippen molar-refractivity contribution in [3.63, 3.8) is 0 Å². The molecule has 8 heteroatoms. The molecular formula is C21H25N3O4S. The second-order valence-corrected chi connectivity index (χ2v) is 9.52. The quantitative estimate of drug-likeness (QED) is 0.652. The highest BCUT2D eigenvalue weighted by Crippen LogP contribution is 2.26. The van der Waals surface area contributed by atoms with Crippen molar-refractivity contribution in [3.05, 3.63) is 60.0 Å². The number of sulfonamides is 1. The van der Waals surface area contributed by atoms with Gasteiger partial charge in [-0.15, -0.1) is 0 Å². The first kappa shape index (κ1) is 21.0. The Morgan fingerprint density at radius 2 is 1.66 bits per heavy atom. The van der Waals surface area contributed by atoms with Crippen molar-refractivity contribution in [3.8, 4) is 17.1 Å². The van der Waals surface area contributed by atoms with Gasteiger partial charge in [-0.1, -0.05) is 50.2 Å². The molecule has 1 atom stereocenters. The maximum atomic E-state index is 12.6. The average molecular weight is 416 g/mol. The fourth-order valence-electron chi connectivity index (χ4n) is 2.75. The van der Waals surface area contributed by atoms with Crippen molar-refractivity contribution in [2.45, 2.75) is 44.0 Å². The van der Waals surface area contributed by atoms with E-state index in [4.69, 9.17) is 9.26 Å². The molecule has 1 heterocycles. The lowest BCUT2D eigenvalue weighted by molar-refractivity contribution is 0.354. The molecular weight excluding hydrogens is 390 g/mol. The van der Waals surface area contributed by atoms with Crippen LogP contribution in [0, 0.1) is 0 Å². The van der Waals surface area contributed by atoms with Crippen molar-refractivity contribution in [2.75, 3.05) is 7.11 Å². The van der Waals surface area contributed by atoms with Gasteiger partial charge in [0.25, 0.3) is 0 Å². The third-order valence-corrected chi connectivity index (χ3v) is 6.08. The molecule has 0 saturated heterocycles. The summed E-state index contributed by atoms with van der Waals surface area (Å²) in [5.41, 5.74) is 2.05. The molecule has 29 heavy (non-hydrogen) atoms. The Bertz CT molecular complexity index is 1070. The van der Waals surface area contributed by atoms with Gasteiger partial charge >= 0.3 is 0 Å². The highest BCUT2D eigenvalue weighted by atomic mass is 32.2. The van der Waals surface area contributed by atoms with Crippen LogP contribution in [0.2, 0.25) is 0 Å². The van der Waals surface area contributed by atoms with E-state index in [0.29, 0.717) is 11.6 Å². The summed E-state index contributed by atoms with van der Waals surface area (Å²) in [4.78, 5) is 4.48. The number of aromatic nitrogens is 2. The molecule has 1 N–H and O–H groups in total. The van der Waals surface area contributed by atoms with E-state index in [-0.39, 0.29) is 16.2 Å². The number of ether oxygens (including phenoxy) is 1. The number of hydrogen-bond acceptors (Lipinski definition) is 6. The van der Waals surface area contributed by atoms with Crippen LogP contribution >= 0.6 is 0 Å². The van der Waals surface area contributed by atoms with Crippen LogP contribution in [0.3, 0.4) is 0 Å². The zero-order valence-electron chi connectivity index (χ0n) is 17.1. The number of nitrogens with one attached hydrogen (secondary N) is 1. The van der Waals surface area contributed by atoms with Gasteiger partial charge in [-0.05, 0) is 42.2 Å². The van der Waals surface area contributed by atoms with Crippen molar-refractivity contribution in [1.29, 1.82) is 0 Å². The molecule has 0 aliphatic carbocycles. The molecule has 0 spiro atoms. The Balaban J connectivity index is 1.75. The Morgan fingerprint density at radius 1 is 1.03 bits per heavy atom. The molecule has 0 fully saturated rings. The van der Waals surface area contributed by atoms with Crippen molar-refractivity contribution >= 4 is 10.0 Å². The molecule has 0 saturated carbocycles. The lowest BCUT2D eigenvalue weighted by Gasteiger charge is -2.18. The van der Waals surface area contributed by atoms with E-state index >= 15 is 0 Å². The molecule has 2 aromatic carbocycles. The van der Waals surface area contributed by atoms with Crippen LogP contribution in [0.5, 0.6) is 5.75 Å². The first-order valence-corrected chi connectivity index (χ1v) is 10.7. The Labute approximate surface area is 171 Å². The monoisotopic (exact) mass is 415 g/mol. The van der Waals surface area contributed by atoms with Crippen molar-refractivity contribution < 1.29 is 17.7 Å². The van der Waals surface area contributed by atoms with Crippen molar-refractivity contribution in [2.24, 2.45) is 0 Å². The van der Waals surface area contributed by atoms with Gasteiger partial charge in [0.2, 0.25) is 21.7 Å². The highest BCUT2D eigenvalue weighted by Gasteiger charge is 2.23. The zero-order valence-corrected chi connectivity index (χ0v) is 17.9. The molecule has 0 bridgehead atoms. The van der Waals surface area contributed by atoms with Crippen LogP contribution in [0.15, 0.2) is 57.9 Å². The van der Waals surface area contributed by atoms with Crippen molar-refractivity contribution in [1.82, 2.24) is 14.9 Å². The van der Waals surface area contributed by atoms with E-state index in [1.165, 1.54) is 24.8 Å². The molecule has 0 aliphatic heterocycles. The lowest BCUT2D eigenvalue weighted by atomic mass is 9.87. The molecule has 1 aromatic heterocycles. The van der Waals surface area contributed by atoms with Gasteiger partial charge < -0.3 is 9.26 Å². The second kappa shape index (κ2) is 7.96. The molecule has 0 aliphatic rings. The summed E-state index contributed by atoms with van der Waals surface area (Å²) in [5.74, 6) is 1.18. The van der Waals surface area contributed by atoms with Gasteiger partial charge in [0.15, 0.2) is 0 Å². The highest BCUT2D eigenvalue weighted by molar-refractivity contribution is 7.89. The number of rotatable bonds is 6. The smallest absolute Gasteiger partial charge is 0.244 e. The van der Waals surface area contributed by atoms with Gasteiger partial charge in [-0.2, -0.15) is 9.71 Å². The molecule has 0 radical (unpaired) electrons. The van der Waals surface area contributed by atoms with Gasteiger partial charge in [-0.25, -0.2) is 8.42 Å². The number of benzene rings is 2. The number of hydrogen-bond donors (Lipinski definition) is 1. The first-order chi connectivity index (χ1) is 13.6. The van der Waals surface area contributed by atoms with Crippen LogP contribution in [0.1, 0.15) is 45.2 Å². The summed E-state index contributed by atoms with van der Waals surface area (Å²) in [5, 5.41) is 3.99. The fourth-order valence-corrected chi connectivity index (χ4v) is 3.95. The first-order valence-electron chi connectivity index (χ1n) is 9.21. The van der Waals surface area contributed by atoms with Gasteiger partial charge in [0.05, 0.1) is 18.0 Å². The number of nitrogens with zero attached hydrogens (tertiary/aromatic N) is 2. The van der Waals surface area contributed by atoms with Crippen LogP contribution in [-0.2, 0) is 15.4 Å². The SMILES string of the molecule is COc1ccc(S(=O)(=O)N[C@@H](C)c2nc(-c3ccc(C(C)(C)C)cc3)no2)cc1. The topological polar surface area (TPSA) is 94.3 Å². The summed E-state index contributed by atoms with van der Waals surface area (Å²) in [6, 6.07) is 13.4. The molecule has 154 valence electrons. The normalized spacial score (nSPS) is 13.3. The van der Waals surface area contributed by atoms with E-state index < -0.39 is 16.1 Å². The molecule has 0 unspecified atom stereocenters. The van der Waals surface area contributed by atoms with E-state index in [1.807, 2.05) is 24.3 Å². The average Bonchev–Trinajstić information content (AvgIpc) is 3.17. The molecule has 7 nitrogen and oxygen atoms in total. The fraction of sp³-hybridized carbons (Fsp3) is 0.333. The van der Waals surface area contributed by atoms with E-state index in [1.54, 1.807) is 19.1 Å². The van der Waals surface area contributed by atoms with E-state index in [9.17, 15) is 8.42 Å². The third-order valence-electron chi connectivity index (χ3n) is 4.52. The van der Waals surface area contributed by atoms with Crippen LogP contribution in [0.25, 0.3) is 11.4 Å². The van der Waals surface area contributed by atoms with Gasteiger partial charge in [0, 0.05) is 5.56 Å². The minimum atomic E-state index is -3.74. The summed E-state index contributed by atoms with van der Waals surface area (Å²) in [6.07, 6.45) is 0. The predicted molar refractivity (Wildman–Crippen MR) is 110 cm³/mol.